The second kappa shape index (κ2) is 4.61. The summed E-state index contributed by atoms with van der Waals surface area (Å²) in [7, 11) is 0. The van der Waals surface area contributed by atoms with E-state index in [0.29, 0.717) is 0 Å². The zero-order valence-electron chi connectivity index (χ0n) is 13.6. The van der Waals surface area contributed by atoms with Crippen molar-refractivity contribution in [2.45, 2.75) is 0 Å². The molecule has 0 bridgehead atoms. The van der Waals surface area contributed by atoms with Crippen LogP contribution in [-0.4, -0.2) is 4.98 Å². The van der Waals surface area contributed by atoms with Gasteiger partial charge in [-0.3, -0.25) is 0 Å². The van der Waals surface area contributed by atoms with Crippen molar-refractivity contribution in [2.24, 2.45) is 0 Å². The van der Waals surface area contributed by atoms with Crippen molar-refractivity contribution in [2.75, 3.05) is 0 Å². The quantitative estimate of drug-likeness (QED) is 0.297. The number of hydrogen-bond donors (Lipinski definition) is 1. The van der Waals surface area contributed by atoms with E-state index in [4.69, 9.17) is 0 Å². The molecule has 5 aromatic carbocycles. The number of aromatic amines is 1. The highest BCUT2D eigenvalue weighted by molar-refractivity contribution is 6.28. The predicted molar refractivity (Wildman–Crippen MR) is 108 cm³/mol. The Morgan fingerprint density at radius 1 is 0.440 bits per heavy atom. The van der Waals surface area contributed by atoms with E-state index < -0.39 is 0 Å². The summed E-state index contributed by atoms with van der Waals surface area (Å²) >= 11 is 0. The number of benzene rings is 5. The fourth-order valence-corrected chi connectivity index (χ4v) is 4.18. The van der Waals surface area contributed by atoms with Crippen LogP contribution >= 0.6 is 0 Å². The van der Waals surface area contributed by atoms with Crippen molar-refractivity contribution in [1.82, 2.24) is 4.98 Å². The topological polar surface area (TPSA) is 15.8 Å². The molecule has 0 atom stereocenters. The SMILES string of the molecule is c1ccc2cc3c(cc2c1)[nH]c1ccc2ccc4ccccc4c2c13. The van der Waals surface area contributed by atoms with Crippen LogP contribution in [0.2, 0.25) is 0 Å². The van der Waals surface area contributed by atoms with Gasteiger partial charge < -0.3 is 4.98 Å². The monoisotopic (exact) mass is 317 g/mol. The van der Waals surface area contributed by atoms with Crippen molar-refractivity contribution in [1.29, 1.82) is 0 Å². The second-order valence-corrected chi connectivity index (χ2v) is 6.74. The van der Waals surface area contributed by atoms with Gasteiger partial charge in [-0.2, -0.15) is 0 Å². The largest absolute Gasteiger partial charge is 0.354 e. The third kappa shape index (κ3) is 1.72. The normalized spacial score (nSPS) is 12.0. The van der Waals surface area contributed by atoms with Crippen LogP contribution in [0.15, 0.2) is 84.9 Å². The predicted octanol–water partition coefficient (Wildman–Crippen LogP) is 6.78. The molecule has 0 aliphatic rings. The molecule has 1 aromatic heterocycles. The van der Waals surface area contributed by atoms with Gasteiger partial charge in [0.1, 0.15) is 0 Å². The molecular weight excluding hydrogens is 302 g/mol. The van der Waals surface area contributed by atoms with E-state index in [1.54, 1.807) is 0 Å². The van der Waals surface area contributed by atoms with E-state index in [9.17, 15) is 0 Å². The highest BCUT2D eigenvalue weighted by atomic mass is 14.7. The van der Waals surface area contributed by atoms with Crippen molar-refractivity contribution in [3.8, 4) is 0 Å². The van der Waals surface area contributed by atoms with Crippen molar-refractivity contribution >= 4 is 54.1 Å². The van der Waals surface area contributed by atoms with Crippen LogP contribution in [0.25, 0.3) is 54.1 Å². The lowest BCUT2D eigenvalue weighted by atomic mass is 9.97. The summed E-state index contributed by atoms with van der Waals surface area (Å²) in [5, 5.41) is 10.4. The maximum atomic E-state index is 3.63. The van der Waals surface area contributed by atoms with Crippen LogP contribution in [0.5, 0.6) is 0 Å². The molecule has 0 spiro atoms. The molecule has 0 amide bonds. The molecule has 0 saturated heterocycles. The highest BCUT2D eigenvalue weighted by Crippen LogP contribution is 2.37. The summed E-state index contributed by atoms with van der Waals surface area (Å²) in [6.07, 6.45) is 0. The number of aromatic nitrogens is 1. The molecule has 1 N–H and O–H groups in total. The number of hydrogen-bond acceptors (Lipinski definition) is 0. The van der Waals surface area contributed by atoms with Crippen LogP contribution in [0.1, 0.15) is 0 Å². The van der Waals surface area contributed by atoms with E-state index in [-0.39, 0.29) is 0 Å². The Kier molecular flexibility index (Phi) is 2.40. The van der Waals surface area contributed by atoms with Crippen LogP contribution in [0.4, 0.5) is 0 Å². The van der Waals surface area contributed by atoms with Crippen molar-refractivity contribution < 1.29 is 0 Å². The van der Waals surface area contributed by atoms with Crippen LogP contribution in [0, 0.1) is 0 Å². The van der Waals surface area contributed by atoms with Gasteiger partial charge in [-0.05, 0) is 50.5 Å². The highest BCUT2D eigenvalue weighted by Gasteiger charge is 2.11. The lowest BCUT2D eigenvalue weighted by Gasteiger charge is -2.06. The first kappa shape index (κ1) is 13.0. The standard InChI is InChI=1S/C24H15N/c1-2-7-18-14-22-20(13-17(18)6-1)24-21(25-22)12-11-16-10-9-15-5-3-4-8-19(15)23(16)24/h1-14,25H. The van der Waals surface area contributed by atoms with Gasteiger partial charge in [0.25, 0.3) is 0 Å². The fourth-order valence-electron chi connectivity index (χ4n) is 4.18. The summed E-state index contributed by atoms with van der Waals surface area (Å²) in [5.41, 5.74) is 2.41. The van der Waals surface area contributed by atoms with Gasteiger partial charge in [0.05, 0.1) is 0 Å². The Morgan fingerprint density at radius 3 is 2.00 bits per heavy atom. The summed E-state index contributed by atoms with van der Waals surface area (Å²) in [4.78, 5) is 3.63. The summed E-state index contributed by atoms with van der Waals surface area (Å²) in [6, 6.07) is 30.7. The van der Waals surface area contributed by atoms with E-state index in [1.807, 2.05) is 0 Å². The van der Waals surface area contributed by atoms with Gasteiger partial charge in [0.15, 0.2) is 0 Å². The molecule has 1 heterocycles. The van der Waals surface area contributed by atoms with Crippen molar-refractivity contribution in [3.63, 3.8) is 0 Å². The Balaban J connectivity index is 1.94. The molecule has 0 aliphatic carbocycles. The number of rotatable bonds is 0. The van der Waals surface area contributed by atoms with E-state index in [0.717, 1.165) is 0 Å². The Morgan fingerprint density at radius 2 is 1.12 bits per heavy atom. The Bertz CT molecular complexity index is 1440. The Hall–Kier alpha value is -3.32. The van der Waals surface area contributed by atoms with Gasteiger partial charge in [-0.1, -0.05) is 66.7 Å². The minimum absolute atomic E-state index is 1.20. The average Bonchev–Trinajstić information content (AvgIpc) is 3.03. The number of H-pyrrole nitrogens is 1. The lowest BCUT2D eigenvalue weighted by Crippen LogP contribution is -1.79. The molecule has 0 radical (unpaired) electrons. The van der Waals surface area contributed by atoms with E-state index in [1.165, 1.54) is 54.1 Å². The van der Waals surface area contributed by atoms with Crippen molar-refractivity contribution in [3.05, 3.63) is 84.9 Å². The molecule has 0 aliphatic heterocycles. The third-order valence-electron chi connectivity index (χ3n) is 5.33. The molecule has 0 fully saturated rings. The fraction of sp³-hybridized carbons (Fsp3) is 0. The molecular formula is C24H15N. The zero-order valence-corrected chi connectivity index (χ0v) is 13.6. The van der Waals surface area contributed by atoms with Crippen LogP contribution in [-0.2, 0) is 0 Å². The smallest absolute Gasteiger partial charge is 0.0471 e. The minimum atomic E-state index is 1.20. The molecule has 1 heteroatoms. The Labute approximate surface area is 144 Å². The van der Waals surface area contributed by atoms with Gasteiger partial charge in [0, 0.05) is 21.8 Å². The van der Waals surface area contributed by atoms with E-state index in [2.05, 4.69) is 89.9 Å². The van der Waals surface area contributed by atoms with Crippen LogP contribution in [0.3, 0.4) is 0 Å². The first-order valence-electron chi connectivity index (χ1n) is 8.63. The summed E-state index contributed by atoms with van der Waals surface area (Å²) in [6.45, 7) is 0. The maximum absolute atomic E-state index is 3.63. The first-order chi connectivity index (χ1) is 12.4. The number of nitrogens with one attached hydrogen (secondary N) is 1. The molecule has 0 unspecified atom stereocenters. The van der Waals surface area contributed by atoms with Crippen LogP contribution < -0.4 is 0 Å². The summed E-state index contributed by atoms with van der Waals surface area (Å²) < 4.78 is 0. The summed E-state index contributed by atoms with van der Waals surface area (Å²) in [5.74, 6) is 0. The van der Waals surface area contributed by atoms with Gasteiger partial charge >= 0.3 is 0 Å². The van der Waals surface area contributed by atoms with Gasteiger partial charge in [0.2, 0.25) is 0 Å². The molecule has 1 nitrogen and oxygen atoms in total. The second-order valence-electron chi connectivity index (χ2n) is 6.74. The minimum Gasteiger partial charge on any atom is -0.354 e. The van der Waals surface area contributed by atoms with Gasteiger partial charge in [-0.15, -0.1) is 0 Å². The van der Waals surface area contributed by atoms with Gasteiger partial charge in [-0.25, -0.2) is 0 Å². The lowest BCUT2D eigenvalue weighted by molar-refractivity contribution is 1.56. The third-order valence-corrected chi connectivity index (χ3v) is 5.33. The average molecular weight is 317 g/mol. The molecule has 25 heavy (non-hydrogen) atoms. The molecule has 6 rings (SSSR count). The first-order valence-corrected chi connectivity index (χ1v) is 8.63. The molecule has 0 saturated carbocycles. The number of fused-ring (bicyclic) bond motifs is 8. The molecule has 116 valence electrons. The van der Waals surface area contributed by atoms with E-state index >= 15 is 0 Å². The maximum Gasteiger partial charge on any atom is 0.0471 e. The zero-order chi connectivity index (χ0) is 16.4. The molecule has 6 aromatic rings.